The second kappa shape index (κ2) is 7.63. The summed E-state index contributed by atoms with van der Waals surface area (Å²) >= 11 is 1.60. The van der Waals surface area contributed by atoms with Gasteiger partial charge in [-0.05, 0) is 42.3 Å². The maximum atomic E-state index is 14.0. The van der Waals surface area contributed by atoms with E-state index < -0.39 is 11.8 Å². The van der Waals surface area contributed by atoms with Crippen molar-refractivity contribution in [3.05, 3.63) is 75.9 Å². The van der Waals surface area contributed by atoms with Gasteiger partial charge in [0.1, 0.15) is 17.2 Å². The number of carbonyl (C=O) groups excluding carboxylic acids is 2. The van der Waals surface area contributed by atoms with E-state index in [4.69, 9.17) is 4.74 Å². The highest BCUT2D eigenvalue weighted by molar-refractivity contribution is 7.15. The molecule has 6 nitrogen and oxygen atoms in total. The molecule has 4 aromatic rings. The average Bonchev–Trinajstić information content (AvgIpc) is 3.41. The quantitative estimate of drug-likeness (QED) is 0.484. The lowest BCUT2D eigenvalue weighted by atomic mass is 10.1. The number of benzene rings is 2. The third-order valence-electron chi connectivity index (χ3n) is 5.36. The van der Waals surface area contributed by atoms with Gasteiger partial charge in [0.05, 0.1) is 23.1 Å². The van der Waals surface area contributed by atoms with Crippen molar-refractivity contribution in [2.24, 2.45) is 0 Å². The van der Waals surface area contributed by atoms with Crippen LogP contribution in [0.2, 0.25) is 0 Å². The van der Waals surface area contributed by atoms with Crippen LogP contribution in [0.4, 0.5) is 4.39 Å². The average molecular weight is 435 g/mol. The number of ether oxygens (including phenoxy) is 1. The number of H-pyrrole nitrogens is 1. The Kier molecular flexibility index (Phi) is 4.78. The Hall–Kier alpha value is -3.52. The van der Waals surface area contributed by atoms with Gasteiger partial charge in [0.2, 0.25) is 0 Å². The van der Waals surface area contributed by atoms with Crippen LogP contribution in [0.15, 0.2) is 48.5 Å². The van der Waals surface area contributed by atoms with Crippen LogP contribution >= 0.6 is 11.3 Å². The van der Waals surface area contributed by atoms with Crippen molar-refractivity contribution in [2.45, 2.75) is 13.0 Å². The van der Waals surface area contributed by atoms with Crippen LogP contribution in [0.25, 0.3) is 21.7 Å². The highest BCUT2D eigenvalue weighted by Crippen LogP contribution is 2.35. The molecule has 0 spiro atoms. The van der Waals surface area contributed by atoms with Crippen LogP contribution < -0.4 is 0 Å². The van der Waals surface area contributed by atoms with Crippen LogP contribution in [-0.4, -0.2) is 40.4 Å². The maximum absolute atomic E-state index is 14.0. The summed E-state index contributed by atoms with van der Waals surface area (Å²) in [6, 6.07) is 13.7. The van der Waals surface area contributed by atoms with Crippen LogP contribution in [0.1, 0.15) is 31.2 Å². The van der Waals surface area contributed by atoms with Gasteiger partial charge in [0, 0.05) is 23.5 Å². The highest BCUT2D eigenvalue weighted by atomic mass is 32.1. The summed E-state index contributed by atoms with van der Waals surface area (Å²) in [5.41, 5.74) is 2.64. The van der Waals surface area contributed by atoms with Crippen molar-refractivity contribution in [3.63, 3.8) is 0 Å². The Balaban J connectivity index is 1.46. The van der Waals surface area contributed by atoms with E-state index in [0.717, 1.165) is 22.9 Å². The number of nitrogens with one attached hydrogen (secondary N) is 1. The first-order valence-corrected chi connectivity index (χ1v) is 10.6. The number of fused-ring (bicyclic) bond motifs is 2. The number of hydrogen-bond acceptors (Lipinski definition) is 5. The van der Waals surface area contributed by atoms with Crippen LogP contribution in [0.5, 0.6) is 0 Å². The third-order valence-corrected chi connectivity index (χ3v) is 6.61. The minimum absolute atomic E-state index is 0.0148. The molecule has 0 unspecified atom stereocenters. The smallest absolute Gasteiger partial charge is 0.340 e. The summed E-state index contributed by atoms with van der Waals surface area (Å²) in [6.07, 6.45) is 0.765. The first kappa shape index (κ1) is 19.4. The maximum Gasteiger partial charge on any atom is 0.340 e. The van der Waals surface area contributed by atoms with Crippen LogP contribution in [-0.2, 0) is 17.7 Å². The lowest BCUT2D eigenvalue weighted by Gasteiger charge is -2.27. The number of esters is 1. The van der Waals surface area contributed by atoms with Gasteiger partial charge in [-0.15, -0.1) is 11.3 Å². The van der Waals surface area contributed by atoms with E-state index in [2.05, 4.69) is 9.97 Å². The van der Waals surface area contributed by atoms with Crippen molar-refractivity contribution < 1.29 is 18.7 Å². The van der Waals surface area contributed by atoms with Gasteiger partial charge in [-0.1, -0.05) is 18.2 Å². The number of carbonyl (C=O) groups is 2. The number of amides is 1. The molecule has 1 N–H and O–H groups in total. The summed E-state index contributed by atoms with van der Waals surface area (Å²) in [4.78, 5) is 36.4. The van der Waals surface area contributed by atoms with E-state index in [9.17, 15) is 14.0 Å². The Morgan fingerprint density at radius 2 is 2.00 bits per heavy atom. The van der Waals surface area contributed by atoms with Gasteiger partial charge >= 0.3 is 5.97 Å². The number of nitrogens with zero attached hydrogens (tertiary/aromatic N) is 2. The van der Waals surface area contributed by atoms with E-state index >= 15 is 0 Å². The summed E-state index contributed by atoms with van der Waals surface area (Å²) in [5, 5.41) is 0. The first-order valence-electron chi connectivity index (χ1n) is 9.77. The van der Waals surface area contributed by atoms with E-state index in [1.165, 1.54) is 18.1 Å². The van der Waals surface area contributed by atoms with E-state index in [-0.39, 0.29) is 11.5 Å². The molecule has 31 heavy (non-hydrogen) atoms. The molecule has 0 bridgehead atoms. The third kappa shape index (κ3) is 3.48. The lowest BCUT2D eigenvalue weighted by molar-refractivity contribution is 0.0602. The number of halogens is 1. The molecule has 5 rings (SSSR count). The molecule has 0 radical (unpaired) electrons. The summed E-state index contributed by atoms with van der Waals surface area (Å²) < 4.78 is 18.7. The number of aromatic nitrogens is 2. The molecule has 2 aromatic carbocycles. The number of methoxy groups -OCH3 is 1. The Bertz CT molecular complexity index is 1310. The van der Waals surface area contributed by atoms with Crippen molar-refractivity contribution in [3.8, 4) is 10.7 Å². The number of hydrogen-bond donors (Lipinski definition) is 1. The molecular formula is C23H18FN3O3S. The van der Waals surface area contributed by atoms with Gasteiger partial charge < -0.3 is 14.6 Å². The summed E-state index contributed by atoms with van der Waals surface area (Å²) in [6.45, 7) is 1.18. The standard InChI is InChI=1S/C23H18FN3O3S/c1-30-23(29)16-10-15(24)11-17-20(16)26-21(25-17)19-9-14-12-27(8-7-18(14)31-19)22(28)13-5-3-2-4-6-13/h2-6,9-11H,7-8,12H2,1H3,(H,25,26). The molecule has 1 aliphatic rings. The molecular weight excluding hydrogens is 417 g/mol. The molecule has 156 valence electrons. The molecule has 2 aromatic heterocycles. The SMILES string of the molecule is COC(=O)c1cc(F)cc2[nH]c(-c3cc4c(s3)CCN(C(=O)c3ccccc3)C4)nc12. The summed E-state index contributed by atoms with van der Waals surface area (Å²) in [5.74, 6) is -0.598. The van der Waals surface area contributed by atoms with Crippen LogP contribution in [0, 0.1) is 5.82 Å². The zero-order valence-corrected chi connectivity index (χ0v) is 17.5. The lowest BCUT2D eigenvalue weighted by Crippen LogP contribution is -2.35. The molecule has 3 heterocycles. The van der Waals surface area contributed by atoms with Gasteiger partial charge in [-0.25, -0.2) is 14.2 Å². The molecule has 1 amide bonds. The minimum atomic E-state index is -0.636. The molecule has 0 saturated heterocycles. The van der Waals surface area contributed by atoms with Crippen molar-refractivity contribution in [1.29, 1.82) is 0 Å². The van der Waals surface area contributed by atoms with Crippen LogP contribution in [0.3, 0.4) is 0 Å². The van der Waals surface area contributed by atoms with Gasteiger partial charge in [0.15, 0.2) is 0 Å². The molecule has 0 saturated carbocycles. The second-order valence-corrected chi connectivity index (χ2v) is 8.47. The zero-order chi connectivity index (χ0) is 21.5. The Morgan fingerprint density at radius 1 is 1.19 bits per heavy atom. The van der Waals surface area contributed by atoms with Crippen molar-refractivity contribution in [1.82, 2.24) is 14.9 Å². The fourth-order valence-corrected chi connectivity index (χ4v) is 4.96. The largest absolute Gasteiger partial charge is 0.465 e. The van der Waals surface area contributed by atoms with Gasteiger partial charge in [-0.2, -0.15) is 0 Å². The monoisotopic (exact) mass is 435 g/mol. The summed E-state index contributed by atoms with van der Waals surface area (Å²) in [7, 11) is 1.25. The number of rotatable bonds is 3. The minimum Gasteiger partial charge on any atom is -0.465 e. The molecule has 0 fully saturated rings. The zero-order valence-electron chi connectivity index (χ0n) is 16.6. The number of thiophene rings is 1. The molecule has 0 aliphatic carbocycles. The van der Waals surface area contributed by atoms with E-state index in [1.54, 1.807) is 11.3 Å². The Morgan fingerprint density at radius 3 is 2.77 bits per heavy atom. The molecule has 8 heteroatoms. The predicted molar refractivity (Wildman–Crippen MR) is 116 cm³/mol. The molecule has 0 atom stereocenters. The first-order chi connectivity index (χ1) is 15.0. The van der Waals surface area contributed by atoms with Crippen molar-refractivity contribution >= 4 is 34.2 Å². The Labute approximate surface area is 181 Å². The predicted octanol–water partition coefficient (Wildman–Crippen LogP) is 4.42. The number of aromatic amines is 1. The fourth-order valence-electron chi connectivity index (χ4n) is 3.85. The normalized spacial score (nSPS) is 13.3. The number of imidazole rings is 1. The van der Waals surface area contributed by atoms with E-state index in [0.29, 0.717) is 35.5 Å². The van der Waals surface area contributed by atoms with Gasteiger partial charge in [-0.3, -0.25) is 4.79 Å². The fraction of sp³-hybridized carbons (Fsp3) is 0.174. The second-order valence-electron chi connectivity index (χ2n) is 7.33. The van der Waals surface area contributed by atoms with Crippen molar-refractivity contribution in [2.75, 3.05) is 13.7 Å². The molecule has 1 aliphatic heterocycles. The topological polar surface area (TPSA) is 75.3 Å². The van der Waals surface area contributed by atoms with E-state index in [1.807, 2.05) is 41.3 Å². The van der Waals surface area contributed by atoms with Gasteiger partial charge in [0.25, 0.3) is 5.91 Å². The highest BCUT2D eigenvalue weighted by Gasteiger charge is 2.25.